The molecule has 10 heteroatoms. The fourth-order valence-electron chi connectivity index (χ4n) is 7.74. The molecule has 250 valence electrons. The van der Waals surface area contributed by atoms with Crippen molar-refractivity contribution in [3.63, 3.8) is 0 Å². The first kappa shape index (κ1) is 30.2. The molecule has 4 heterocycles. The van der Waals surface area contributed by atoms with E-state index in [4.69, 9.17) is 15.0 Å². The Kier molecular flexibility index (Phi) is 7.30. The van der Waals surface area contributed by atoms with E-state index in [9.17, 15) is 0 Å². The summed E-state index contributed by atoms with van der Waals surface area (Å²) in [7, 11) is 0. The Morgan fingerprint density at radius 3 is 2.08 bits per heavy atom. The number of hydrogen-bond donors (Lipinski definition) is 1. The second kappa shape index (κ2) is 12.6. The van der Waals surface area contributed by atoms with Crippen molar-refractivity contribution >= 4 is 33.1 Å². The van der Waals surface area contributed by atoms with Crippen LogP contribution in [0.5, 0.6) is 0 Å². The van der Waals surface area contributed by atoms with Gasteiger partial charge in [-0.1, -0.05) is 86.0 Å². The third kappa shape index (κ3) is 5.19. The molecule has 0 saturated heterocycles. The van der Waals surface area contributed by atoms with Crippen LogP contribution in [-0.2, 0) is 0 Å². The van der Waals surface area contributed by atoms with Crippen molar-refractivity contribution in [1.29, 1.82) is 0 Å². The summed E-state index contributed by atoms with van der Waals surface area (Å²) in [5, 5.41) is 14.7. The Hall–Kier alpha value is -6.68. The number of imidazole rings is 1. The number of rotatable bonds is 6. The van der Waals surface area contributed by atoms with Gasteiger partial charge in [0.1, 0.15) is 5.82 Å². The van der Waals surface area contributed by atoms with Crippen molar-refractivity contribution in [2.45, 2.75) is 38.1 Å². The fraction of sp³-hybridized carbons (Fsp3) is 0.143. The second-order valence-electron chi connectivity index (χ2n) is 13.3. The van der Waals surface area contributed by atoms with Gasteiger partial charge in [-0.2, -0.15) is 0 Å². The molecule has 0 aliphatic heterocycles. The van der Waals surface area contributed by atoms with Crippen molar-refractivity contribution in [1.82, 2.24) is 50.1 Å². The average Bonchev–Trinajstić information content (AvgIpc) is 3.90. The van der Waals surface area contributed by atoms with Crippen molar-refractivity contribution < 1.29 is 0 Å². The minimum atomic E-state index is 0.329. The third-order valence-corrected chi connectivity index (χ3v) is 10.2. The van der Waals surface area contributed by atoms with Gasteiger partial charge >= 0.3 is 0 Å². The first-order valence-corrected chi connectivity index (χ1v) is 17.7. The molecule has 1 fully saturated rings. The topological polar surface area (TPSA) is 124 Å². The molecule has 5 aromatic carbocycles. The molecule has 0 radical (unpaired) electrons. The number of tetrazole rings is 1. The van der Waals surface area contributed by atoms with Crippen LogP contribution in [0.1, 0.15) is 38.1 Å². The molecule has 0 amide bonds. The molecule has 0 spiro atoms. The largest absolute Gasteiger partial charge is 0.321 e. The zero-order chi connectivity index (χ0) is 34.4. The molecule has 0 bridgehead atoms. The summed E-state index contributed by atoms with van der Waals surface area (Å²) < 4.78 is 2.47. The summed E-state index contributed by atoms with van der Waals surface area (Å²) in [6, 6.07) is 37.8. The number of nitrogens with one attached hydrogen (secondary N) is 1. The zero-order valence-electron chi connectivity index (χ0n) is 28.2. The molecule has 10 rings (SSSR count). The predicted octanol–water partition coefficient (Wildman–Crippen LogP) is 9.28. The fourth-order valence-corrected chi connectivity index (χ4v) is 7.74. The molecule has 0 atom stereocenters. The van der Waals surface area contributed by atoms with Gasteiger partial charge < -0.3 is 4.57 Å². The number of benzene rings is 5. The van der Waals surface area contributed by atoms with E-state index in [1.807, 2.05) is 36.4 Å². The standard InChI is InChI=1S/C42H32N10/c1-4-10-26(11-5-1)37-31(42-46-35-25-29(41-48-50-51-49-41)17-21-36(35)52(42)30-14-8-3-9-15-30)18-20-33-40(37)47-38(27-12-6-2-7-13-27)39(45-33)28-16-19-32-34(24-28)44-23-22-43-32/h1-2,4-7,10-13,16-25,30H,3,8-9,14-15H2,(H,48,49,50,51). The normalized spacial score (nSPS) is 13.7. The lowest BCUT2D eigenvalue weighted by Gasteiger charge is -2.26. The summed E-state index contributed by atoms with van der Waals surface area (Å²) in [5.41, 5.74) is 12.8. The molecule has 1 aliphatic carbocycles. The van der Waals surface area contributed by atoms with E-state index < -0.39 is 0 Å². The first-order chi connectivity index (χ1) is 25.8. The summed E-state index contributed by atoms with van der Waals surface area (Å²) in [6.07, 6.45) is 9.31. The Morgan fingerprint density at radius 1 is 0.577 bits per heavy atom. The highest BCUT2D eigenvalue weighted by Gasteiger charge is 2.26. The van der Waals surface area contributed by atoms with Crippen LogP contribution in [0.2, 0.25) is 0 Å². The van der Waals surface area contributed by atoms with Crippen molar-refractivity contribution in [3.05, 3.63) is 122 Å². The van der Waals surface area contributed by atoms with Crippen LogP contribution in [0.25, 0.3) is 89.5 Å². The van der Waals surface area contributed by atoms with E-state index >= 15 is 0 Å². The second-order valence-corrected chi connectivity index (χ2v) is 13.3. The highest BCUT2D eigenvalue weighted by Crippen LogP contribution is 2.43. The summed E-state index contributed by atoms with van der Waals surface area (Å²) in [5.74, 6) is 1.54. The minimum absolute atomic E-state index is 0.329. The first-order valence-electron chi connectivity index (χ1n) is 17.7. The molecule has 9 aromatic rings. The number of aromatic amines is 1. The van der Waals surface area contributed by atoms with Gasteiger partial charge in [0.05, 0.1) is 44.5 Å². The van der Waals surface area contributed by atoms with Crippen molar-refractivity contribution in [2.24, 2.45) is 0 Å². The maximum atomic E-state index is 5.55. The van der Waals surface area contributed by atoms with E-state index in [0.717, 1.165) is 96.5 Å². The van der Waals surface area contributed by atoms with Gasteiger partial charge in [-0.05, 0) is 71.3 Å². The molecular formula is C42H32N10. The molecule has 4 aromatic heterocycles. The number of fused-ring (bicyclic) bond motifs is 3. The van der Waals surface area contributed by atoms with Gasteiger partial charge in [-0.15, -0.1) is 5.10 Å². The van der Waals surface area contributed by atoms with Crippen LogP contribution in [0.4, 0.5) is 0 Å². The van der Waals surface area contributed by atoms with Gasteiger partial charge in [0, 0.05) is 46.3 Å². The summed E-state index contributed by atoms with van der Waals surface area (Å²) >= 11 is 0. The molecule has 1 aliphatic rings. The van der Waals surface area contributed by atoms with Gasteiger partial charge in [-0.25, -0.2) is 20.1 Å². The van der Waals surface area contributed by atoms with Crippen LogP contribution >= 0.6 is 0 Å². The molecule has 1 saturated carbocycles. The molecule has 52 heavy (non-hydrogen) atoms. The Morgan fingerprint density at radius 2 is 1.29 bits per heavy atom. The third-order valence-electron chi connectivity index (χ3n) is 10.2. The van der Waals surface area contributed by atoms with Gasteiger partial charge in [0.25, 0.3) is 0 Å². The van der Waals surface area contributed by atoms with Crippen molar-refractivity contribution in [3.8, 4) is 56.4 Å². The Labute approximate surface area is 298 Å². The van der Waals surface area contributed by atoms with Gasteiger partial charge in [-0.3, -0.25) is 9.97 Å². The van der Waals surface area contributed by atoms with Crippen LogP contribution in [0.3, 0.4) is 0 Å². The van der Waals surface area contributed by atoms with Gasteiger partial charge in [0.15, 0.2) is 5.82 Å². The maximum Gasteiger partial charge on any atom is 0.179 e. The number of aromatic nitrogens is 10. The summed E-state index contributed by atoms with van der Waals surface area (Å²) in [4.78, 5) is 25.4. The van der Waals surface area contributed by atoms with Crippen molar-refractivity contribution in [2.75, 3.05) is 0 Å². The molecule has 0 unspecified atom stereocenters. The summed E-state index contributed by atoms with van der Waals surface area (Å²) in [6.45, 7) is 0. The Bertz CT molecular complexity index is 2720. The van der Waals surface area contributed by atoms with E-state index in [-0.39, 0.29) is 0 Å². The molecular weight excluding hydrogens is 645 g/mol. The van der Waals surface area contributed by atoms with Crippen LogP contribution in [0, 0.1) is 0 Å². The monoisotopic (exact) mass is 676 g/mol. The van der Waals surface area contributed by atoms with Crippen LogP contribution < -0.4 is 0 Å². The highest BCUT2D eigenvalue weighted by molar-refractivity contribution is 6.03. The smallest absolute Gasteiger partial charge is 0.179 e. The zero-order valence-corrected chi connectivity index (χ0v) is 28.2. The molecule has 10 nitrogen and oxygen atoms in total. The Balaban J connectivity index is 1.26. The quantitative estimate of drug-likeness (QED) is 0.185. The van der Waals surface area contributed by atoms with E-state index in [2.05, 4.69) is 108 Å². The SMILES string of the molecule is c1ccc(-c2nc3c(-c4ccccc4)c(-c4nc5cc(-c6nnn[nH]6)ccc5n4C4CCCCC4)ccc3nc2-c2ccc3nccnc3c2)cc1. The predicted molar refractivity (Wildman–Crippen MR) is 203 cm³/mol. The van der Waals surface area contributed by atoms with E-state index in [1.54, 1.807) is 12.4 Å². The highest BCUT2D eigenvalue weighted by atomic mass is 15.5. The average molecular weight is 677 g/mol. The number of hydrogen-bond acceptors (Lipinski definition) is 8. The van der Waals surface area contributed by atoms with E-state index in [0.29, 0.717) is 11.9 Å². The lowest BCUT2D eigenvalue weighted by molar-refractivity contribution is 0.362. The lowest BCUT2D eigenvalue weighted by Crippen LogP contribution is -2.14. The number of H-pyrrole nitrogens is 1. The molecule has 1 N–H and O–H groups in total. The van der Waals surface area contributed by atoms with Crippen LogP contribution in [-0.4, -0.2) is 50.1 Å². The van der Waals surface area contributed by atoms with Gasteiger partial charge in [0.2, 0.25) is 0 Å². The maximum absolute atomic E-state index is 5.55. The van der Waals surface area contributed by atoms with Crippen LogP contribution in [0.15, 0.2) is 122 Å². The van der Waals surface area contributed by atoms with E-state index in [1.165, 1.54) is 19.3 Å². The lowest BCUT2D eigenvalue weighted by atomic mass is 9.93. The minimum Gasteiger partial charge on any atom is -0.321 e. The number of nitrogens with zero attached hydrogens (tertiary/aromatic N) is 9.